The van der Waals surface area contributed by atoms with Crippen LogP contribution in [0.15, 0.2) is 48.5 Å². The highest BCUT2D eigenvalue weighted by atomic mass is 16.5. The number of carbonyl (C=O) groups is 3. The maximum atomic E-state index is 12.1. The zero-order chi connectivity index (χ0) is 21.7. The summed E-state index contributed by atoms with van der Waals surface area (Å²) in [5.41, 5.74) is 3.23. The van der Waals surface area contributed by atoms with Gasteiger partial charge in [0.25, 0.3) is 0 Å². The average Bonchev–Trinajstić information content (AvgIpc) is 3.06. The van der Waals surface area contributed by atoms with Crippen molar-refractivity contribution in [1.29, 1.82) is 0 Å². The quantitative estimate of drug-likeness (QED) is 0.619. The number of hydrogen-bond acceptors (Lipinski definition) is 4. The summed E-state index contributed by atoms with van der Waals surface area (Å²) in [5.74, 6) is -1.57. The third kappa shape index (κ3) is 4.45. The fourth-order valence-electron chi connectivity index (χ4n) is 3.59. The van der Waals surface area contributed by atoms with Crippen LogP contribution in [0.25, 0.3) is 11.1 Å². The number of carboxylic acids is 1. The van der Waals surface area contributed by atoms with E-state index in [1.165, 1.54) is 6.92 Å². The molecule has 0 radical (unpaired) electrons. The van der Waals surface area contributed by atoms with Gasteiger partial charge in [-0.2, -0.15) is 0 Å². The molecule has 0 bridgehead atoms. The van der Waals surface area contributed by atoms with Crippen LogP contribution in [-0.2, 0) is 14.3 Å². The van der Waals surface area contributed by atoms with Gasteiger partial charge in [0.1, 0.15) is 12.1 Å². The number of aliphatic carboxylic acids is 1. The van der Waals surface area contributed by atoms with E-state index in [0.29, 0.717) is 0 Å². The Bertz CT molecular complexity index is 913. The van der Waals surface area contributed by atoms with Gasteiger partial charge in [-0.3, -0.25) is 4.79 Å². The van der Waals surface area contributed by atoms with E-state index in [1.807, 2.05) is 36.4 Å². The second kappa shape index (κ2) is 8.98. The van der Waals surface area contributed by atoms with E-state index in [2.05, 4.69) is 22.8 Å². The minimum absolute atomic E-state index is 0.0347. The van der Waals surface area contributed by atoms with E-state index in [-0.39, 0.29) is 31.9 Å². The summed E-state index contributed by atoms with van der Waals surface area (Å²) in [7, 11) is 0. The fraction of sp³-hybridized carbons (Fsp3) is 0.348. The van der Waals surface area contributed by atoms with Crippen molar-refractivity contribution in [3.05, 3.63) is 59.7 Å². The number of hydrogen-bond donors (Lipinski definition) is 3. The molecule has 158 valence electrons. The van der Waals surface area contributed by atoms with Gasteiger partial charge in [-0.05, 0) is 35.6 Å². The van der Waals surface area contributed by atoms with E-state index in [1.54, 1.807) is 6.92 Å². The van der Waals surface area contributed by atoms with Gasteiger partial charge < -0.3 is 20.5 Å². The van der Waals surface area contributed by atoms with Crippen LogP contribution in [0.3, 0.4) is 0 Å². The molecule has 1 unspecified atom stereocenters. The van der Waals surface area contributed by atoms with Gasteiger partial charge in [0.2, 0.25) is 5.91 Å². The van der Waals surface area contributed by atoms with Gasteiger partial charge in [0, 0.05) is 18.9 Å². The summed E-state index contributed by atoms with van der Waals surface area (Å²) in [6.07, 6.45) is -0.387. The van der Waals surface area contributed by atoms with E-state index in [9.17, 15) is 19.5 Å². The van der Waals surface area contributed by atoms with E-state index < -0.39 is 23.5 Å². The normalized spacial score (nSPS) is 14.2. The standard InChI is InChI=1S/C23H26N2O5/c1-3-23(2,21(27)28)25-20(26)12-13-24-22(29)30-14-19-17-10-6-4-8-15(17)16-9-5-7-11-18(16)19/h4-11,19H,3,12-14H2,1-2H3,(H,24,29)(H,25,26)(H,27,28). The van der Waals surface area contributed by atoms with Gasteiger partial charge in [-0.15, -0.1) is 0 Å². The number of rotatable bonds is 8. The van der Waals surface area contributed by atoms with Crippen molar-refractivity contribution in [2.45, 2.75) is 38.1 Å². The Hall–Kier alpha value is -3.35. The Kier molecular flexibility index (Phi) is 6.40. The largest absolute Gasteiger partial charge is 0.480 e. The van der Waals surface area contributed by atoms with Crippen LogP contribution in [-0.4, -0.2) is 41.8 Å². The molecule has 2 aromatic rings. The molecule has 1 atom stereocenters. The van der Waals surface area contributed by atoms with Crippen molar-refractivity contribution < 1.29 is 24.2 Å². The molecule has 0 fully saturated rings. The lowest BCUT2D eigenvalue weighted by Crippen LogP contribution is -2.52. The Morgan fingerprint density at radius 3 is 2.13 bits per heavy atom. The molecular formula is C23H26N2O5. The first-order valence-electron chi connectivity index (χ1n) is 9.99. The molecule has 3 N–H and O–H groups in total. The van der Waals surface area contributed by atoms with Crippen molar-refractivity contribution in [2.24, 2.45) is 0 Å². The number of fused-ring (bicyclic) bond motifs is 3. The summed E-state index contributed by atoms with van der Waals surface area (Å²) >= 11 is 0. The summed E-state index contributed by atoms with van der Waals surface area (Å²) < 4.78 is 5.41. The Balaban J connectivity index is 1.50. The molecule has 2 amide bonds. The number of benzene rings is 2. The molecule has 3 rings (SSSR count). The second-order valence-electron chi connectivity index (χ2n) is 7.54. The first-order valence-corrected chi connectivity index (χ1v) is 9.99. The highest BCUT2D eigenvalue weighted by Gasteiger charge is 2.32. The van der Waals surface area contributed by atoms with Crippen LogP contribution in [0, 0.1) is 0 Å². The van der Waals surface area contributed by atoms with E-state index >= 15 is 0 Å². The predicted octanol–water partition coefficient (Wildman–Crippen LogP) is 3.28. The molecule has 2 aromatic carbocycles. The molecule has 1 aliphatic carbocycles. The van der Waals surface area contributed by atoms with Crippen LogP contribution in [0.4, 0.5) is 4.79 Å². The van der Waals surface area contributed by atoms with Gasteiger partial charge in [-0.1, -0.05) is 55.5 Å². The molecule has 0 saturated heterocycles. The lowest BCUT2D eigenvalue weighted by atomic mass is 9.98. The van der Waals surface area contributed by atoms with Gasteiger partial charge in [0.15, 0.2) is 0 Å². The molecular weight excluding hydrogens is 384 g/mol. The topological polar surface area (TPSA) is 105 Å². The first-order chi connectivity index (χ1) is 14.4. The summed E-state index contributed by atoms with van der Waals surface area (Å²) in [5, 5.41) is 14.2. The maximum absolute atomic E-state index is 12.1. The SMILES string of the molecule is CCC(C)(NC(=O)CCNC(=O)OCC1c2ccccc2-c2ccccc21)C(=O)O. The zero-order valence-electron chi connectivity index (χ0n) is 17.1. The van der Waals surface area contributed by atoms with E-state index in [4.69, 9.17) is 4.74 Å². The molecule has 7 heteroatoms. The average molecular weight is 410 g/mol. The van der Waals surface area contributed by atoms with Crippen molar-refractivity contribution >= 4 is 18.0 Å². The van der Waals surface area contributed by atoms with Crippen LogP contribution < -0.4 is 10.6 Å². The number of carbonyl (C=O) groups excluding carboxylic acids is 2. The molecule has 0 saturated carbocycles. The maximum Gasteiger partial charge on any atom is 0.407 e. The molecule has 0 aliphatic heterocycles. The van der Waals surface area contributed by atoms with Crippen LogP contribution in [0.2, 0.25) is 0 Å². The molecule has 1 aliphatic rings. The minimum Gasteiger partial charge on any atom is -0.480 e. The minimum atomic E-state index is -1.32. The molecule has 30 heavy (non-hydrogen) atoms. The first kappa shape index (κ1) is 21.4. The molecule has 0 aromatic heterocycles. The van der Waals surface area contributed by atoms with Crippen molar-refractivity contribution in [2.75, 3.05) is 13.2 Å². The highest BCUT2D eigenvalue weighted by molar-refractivity contribution is 5.86. The van der Waals surface area contributed by atoms with Crippen LogP contribution in [0.1, 0.15) is 43.7 Å². The van der Waals surface area contributed by atoms with Gasteiger partial charge in [0.05, 0.1) is 0 Å². The highest BCUT2D eigenvalue weighted by Crippen LogP contribution is 2.44. The molecule has 0 spiro atoms. The smallest absolute Gasteiger partial charge is 0.407 e. The van der Waals surface area contributed by atoms with Gasteiger partial charge >= 0.3 is 12.1 Å². The van der Waals surface area contributed by atoms with Crippen molar-refractivity contribution in [3.8, 4) is 11.1 Å². The Morgan fingerprint density at radius 1 is 1.03 bits per heavy atom. The van der Waals surface area contributed by atoms with Crippen molar-refractivity contribution in [1.82, 2.24) is 10.6 Å². The number of ether oxygens (including phenoxy) is 1. The van der Waals surface area contributed by atoms with Gasteiger partial charge in [-0.25, -0.2) is 9.59 Å². The summed E-state index contributed by atoms with van der Waals surface area (Å²) in [4.78, 5) is 35.3. The molecule has 7 nitrogen and oxygen atoms in total. The van der Waals surface area contributed by atoms with E-state index in [0.717, 1.165) is 22.3 Å². The third-order valence-electron chi connectivity index (χ3n) is 5.56. The summed E-state index contributed by atoms with van der Waals surface area (Å²) in [6.45, 7) is 3.39. The number of alkyl carbamates (subject to hydrolysis) is 1. The number of amides is 2. The lowest BCUT2D eigenvalue weighted by molar-refractivity contribution is -0.147. The molecule has 0 heterocycles. The Labute approximate surface area is 175 Å². The van der Waals surface area contributed by atoms with Crippen LogP contribution in [0.5, 0.6) is 0 Å². The second-order valence-corrected chi connectivity index (χ2v) is 7.54. The monoisotopic (exact) mass is 410 g/mol. The van der Waals surface area contributed by atoms with Crippen molar-refractivity contribution in [3.63, 3.8) is 0 Å². The fourth-order valence-corrected chi connectivity index (χ4v) is 3.59. The van der Waals surface area contributed by atoms with Crippen LogP contribution >= 0.6 is 0 Å². The zero-order valence-corrected chi connectivity index (χ0v) is 17.1. The predicted molar refractivity (Wildman–Crippen MR) is 112 cm³/mol. The summed E-state index contributed by atoms with van der Waals surface area (Å²) in [6, 6.07) is 16.1. The third-order valence-corrected chi connectivity index (χ3v) is 5.56. The number of nitrogens with one attached hydrogen (secondary N) is 2. The number of carboxylic acid groups (broad SMARTS) is 1. The lowest BCUT2D eigenvalue weighted by Gasteiger charge is -2.24. The Morgan fingerprint density at radius 2 is 1.60 bits per heavy atom.